The van der Waals surface area contributed by atoms with E-state index in [2.05, 4.69) is 10.2 Å². The lowest BCUT2D eigenvalue weighted by Gasteiger charge is -2.37. The highest BCUT2D eigenvalue weighted by atomic mass is 31.1. The van der Waals surface area contributed by atoms with E-state index in [-0.39, 0.29) is 26.0 Å². The van der Waals surface area contributed by atoms with Gasteiger partial charge in [0.25, 0.3) is 5.91 Å². The molecule has 1 amide bonds. The number of benzene rings is 1. The van der Waals surface area contributed by atoms with Crippen LogP contribution < -0.4 is 10.1 Å². The van der Waals surface area contributed by atoms with E-state index in [4.69, 9.17) is 4.74 Å². The summed E-state index contributed by atoms with van der Waals surface area (Å²) in [5.41, 5.74) is 0.550. The van der Waals surface area contributed by atoms with E-state index in [0.29, 0.717) is 10.9 Å². The minimum atomic E-state index is -4.53. The van der Waals surface area contributed by atoms with Crippen molar-refractivity contribution in [2.75, 3.05) is 33.3 Å². The van der Waals surface area contributed by atoms with Gasteiger partial charge in [-0.25, -0.2) is 0 Å². The number of nitrogens with one attached hydrogen (secondary N) is 1. The highest BCUT2D eigenvalue weighted by Gasteiger charge is 2.36. The Morgan fingerprint density at radius 1 is 1.24 bits per heavy atom. The van der Waals surface area contributed by atoms with Crippen molar-refractivity contribution in [1.29, 1.82) is 0 Å². The third kappa shape index (κ3) is 4.05. The smallest absolute Gasteiger partial charge is 0.419 e. The zero-order chi connectivity index (χ0) is 20.6. The number of methoxy groups -OCH3 is 1. The van der Waals surface area contributed by atoms with E-state index in [0.717, 1.165) is 37.9 Å². The molecule has 0 spiro atoms. The molecule has 0 bridgehead atoms. The molecule has 2 atom stereocenters. The highest BCUT2D eigenvalue weighted by molar-refractivity contribution is 7.51. The summed E-state index contributed by atoms with van der Waals surface area (Å²) in [5, 5.41) is 3.91. The first-order valence-electron chi connectivity index (χ1n) is 9.28. The molecule has 2 unspecified atom stereocenters. The Balaban J connectivity index is 1.61. The zero-order valence-corrected chi connectivity index (χ0v) is 16.8. The Bertz CT molecular complexity index is 905. The second kappa shape index (κ2) is 7.84. The lowest BCUT2D eigenvalue weighted by molar-refractivity contribution is -0.138. The van der Waals surface area contributed by atoms with Crippen molar-refractivity contribution in [3.63, 3.8) is 0 Å². The van der Waals surface area contributed by atoms with Gasteiger partial charge in [-0.1, -0.05) is 20.7 Å². The van der Waals surface area contributed by atoms with E-state index >= 15 is 0 Å². The number of piperazine rings is 1. The van der Waals surface area contributed by atoms with Crippen molar-refractivity contribution in [2.45, 2.75) is 12.0 Å². The van der Waals surface area contributed by atoms with Crippen molar-refractivity contribution in [1.82, 2.24) is 15.1 Å². The summed E-state index contributed by atoms with van der Waals surface area (Å²) in [7, 11) is 1.37. The topological polar surface area (TPSA) is 44.8 Å². The van der Waals surface area contributed by atoms with Gasteiger partial charge in [0.15, 0.2) is 0 Å². The third-order valence-corrected chi connectivity index (χ3v) is 6.65. The van der Waals surface area contributed by atoms with Gasteiger partial charge in [-0.05, 0) is 29.1 Å². The fourth-order valence-electron chi connectivity index (χ4n) is 3.64. The SMILES string of the molecule is COc1ccc(C2=CC(=O)N3C=C(N4CCNCC4)C=CC3P2)cc1C(F)(F)F. The average molecular weight is 423 g/mol. The first-order chi connectivity index (χ1) is 13.9. The van der Waals surface area contributed by atoms with Crippen molar-refractivity contribution in [2.24, 2.45) is 0 Å². The summed E-state index contributed by atoms with van der Waals surface area (Å²) in [5.74, 6) is -0.620. The predicted molar refractivity (Wildman–Crippen MR) is 107 cm³/mol. The first kappa shape index (κ1) is 20.0. The number of alkyl halides is 3. The minimum absolute atomic E-state index is 0.158. The second-order valence-electron chi connectivity index (χ2n) is 6.96. The van der Waals surface area contributed by atoms with Gasteiger partial charge < -0.3 is 19.9 Å². The number of amides is 1. The summed E-state index contributed by atoms with van der Waals surface area (Å²) < 4.78 is 44.9. The molecule has 1 aromatic carbocycles. The van der Waals surface area contributed by atoms with E-state index in [1.165, 1.54) is 19.3 Å². The Kier molecular flexibility index (Phi) is 5.40. The summed E-state index contributed by atoms with van der Waals surface area (Å²) in [6.45, 7) is 3.54. The van der Waals surface area contributed by atoms with Crippen molar-refractivity contribution in [3.05, 3.63) is 59.5 Å². The molecule has 154 valence electrons. The molecule has 1 aromatic rings. The number of allylic oxidation sites excluding steroid dienone is 1. The monoisotopic (exact) mass is 423 g/mol. The highest BCUT2D eigenvalue weighted by Crippen LogP contribution is 2.46. The van der Waals surface area contributed by atoms with Crippen LogP contribution in [-0.4, -0.2) is 54.8 Å². The van der Waals surface area contributed by atoms with Crippen LogP contribution >= 0.6 is 8.58 Å². The Morgan fingerprint density at radius 3 is 2.69 bits per heavy atom. The van der Waals surface area contributed by atoms with E-state index in [1.54, 1.807) is 11.0 Å². The molecule has 4 rings (SSSR count). The third-order valence-electron chi connectivity index (χ3n) is 5.14. The molecule has 1 saturated heterocycles. The van der Waals surface area contributed by atoms with Crippen LogP contribution in [0.5, 0.6) is 5.75 Å². The van der Waals surface area contributed by atoms with Crippen LogP contribution in [0.2, 0.25) is 0 Å². The van der Waals surface area contributed by atoms with Gasteiger partial charge in [-0.15, -0.1) is 0 Å². The standard InChI is InChI=1S/C20H21F3N3O2P/c1-28-16-4-2-13(10-15(16)20(21,22)23)17-11-18(27)26-12-14(3-5-19(26)29-17)25-8-6-24-7-9-25/h2-5,10-12,19,24,29H,6-9H2,1H3. The van der Waals surface area contributed by atoms with Crippen LogP contribution in [0.1, 0.15) is 11.1 Å². The zero-order valence-electron chi connectivity index (χ0n) is 15.8. The molecule has 29 heavy (non-hydrogen) atoms. The van der Waals surface area contributed by atoms with E-state index in [9.17, 15) is 18.0 Å². The quantitative estimate of drug-likeness (QED) is 0.759. The van der Waals surface area contributed by atoms with Gasteiger partial charge in [0.1, 0.15) is 5.75 Å². The number of carbonyl (C=O) groups is 1. The van der Waals surface area contributed by atoms with Gasteiger partial charge in [0.2, 0.25) is 0 Å². The molecule has 0 radical (unpaired) electrons. The summed E-state index contributed by atoms with van der Waals surface area (Å²) in [6.07, 6.45) is 2.75. The summed E-state index contributed by atoms with van der Waals surface area (Å²) in [4.78, 5) is 16.6. The number of hydrogen-bond acceptors (Lipinski definition) is 4. The van der Waals surface area contributed by atoms with Crippen molar-refractivity contribution < 1.29 is 22.7 Å². The predicted octanol–water partition coefficient (Wildman–Crippen LogP) is 3.22. The van der Waals surface area contributed by atoms with Crippen LogP contribution in [0.3, 0.4) is 0 Å². The average Bonchev–Trinajstić information content (AvgIpc) is 2.73. The summed E-state index contributed by atoms with van der Waals surface area (Å²) in [6, 6.07) is 3.94. The first-order valence-corrected chi connectivity index (χ1v) is 10.4. The van der Waals surface area contributed by atoms with E-state index in [1.807, 2.05) is 18.4 Å². The molecule has 3 aliphatic heterocycles. The maximum Gasteiger partial charge on any atom is 0.419 e. The molecule has 3 aliphatic rings. The van der Waals surface area contributed by atoms with Crippen LogP contribution in [0, 0.1) is 0 Å². The number of nitrogens with zero attached hydrogens (tertiary/aromatic N) is 2. The van der Waals surface area contributed by atoms with Crippen LogP contribution in [-0.2, 0) is 11.0 Å². The maximum atomic E-state index is 13.3. The molecule has 5 nitrogen and oxygen atoms in total. The molecule has 0 aliphatic carbocycles. The Hall–Kier alpha value is -2.31. The van der Waals surface area contributed by atoms with Crippen LogP contribution in [0.4, 0.5) is 13.2 Å². The van der Waals surface area contributed by atoms with Crippen LogP contribution in [0.25, 0.3) is 5.31 Å². The maximum absolute atomic E-state index is 13.3. The van der Waals surface area contributed by atoms with Gasteiger partial charge in [-0.3, -0.25) is 4.79 Å². The number of carbonyl (C=O) groups excluding carboxylic acids is 1. The van der Waals surface area contributed by atoms with Gasteiger partial charge in [0, 0.05) is 38.5 Å². The molecule has 0 saturated carbocycles. The Labute approximate surface area is 168 Å². The number of ether oxygens (including phenoxy) is 1. The molecule has 1 N–H and O–H groups in total. The Morgan fingerprint density at radius 2 is 2.00 bits per heavy atom. The van der Waals surface area contributed by atoms with Crippen molar-refractivity contribution in [3.8, 4) is 5.75 Å². The van der Waals surface area contributed by atoms with Crippen LogP contribution in [0.15, 0.2) is 48.3 Å². The van der Waals surface area contributed by atoms with E-state index < -0.39 is 11.7 Å². The second-order valence-corrected chi connectivity index (χ2v) is 8.37. The normalized spacial score (nSPS) is 23.0. The fraction of sp³-hybridized carbons (Fsp3) is 0.350. The van der Waals surface area contributed by atoms with Crippen molar-refractivity contribution >= 4 is 19.8 Å². The number of halogens is 3. The lowest BCUT2D eigenvalue weighted by atomic mass is 10.1. The largest absolute Gasteiger partial charge is 0.496 e. The number of fused-ring (bicyclic) bond motifs is 1. The number of hydrogen-bond donors (Lipinski definition) is 1. The minimum Gasteiger partial charge on any atom is -0.496 e. The molecule has 3 heterocycles. The van der Waals surface area contributed by atoms with Gasteiger partial charge in [0.05, 0.1) is 24.2 Å². The fourth-order valence-corrected chi connectivity index (χ4v) is 5.02. The molecular formula is C20H21F3N3O2P. The van der Waals surface area contributed by atoms with Gasteiger partial charge >= 0.3 is 6.18 Å². The van der Waals surface area contributed by atoms with Gasteiger partial charge in [-0.2, -0.15) is 13.2 Å². The lowest BCUT2D eigenvalue weighted by Crippen LogP contribution is -2.44. The number of rotatable bonds is 3. The molecule has 1 fully saturated rings. The molecule has 9 heteroatoms. The molecule has 0 aromatic heterocycles. The summed E-state index contributed by atoms with van der Waals surface area (Å²) >= 11 is 0. The molecular weight excluding hydrogens is 402 g/mol.